The fourth-order valence-electron chi connectivity index (χ4n) is 1.45. The summed E-state index contributed by atoms with van der Waals surface area (Å²) in [4.78, 5) is 3.58. The maximum absolute atomic E-state index is 3.58. The molecular weight excluding hydrogens is 249 g/mol. The van der Waals surface area contributed by atoms with Gasteiger partial charge in [-0.2, -0.15) is 0 Å². The Morgan fingerprint density at radius 3 is 1.71 bits per heavy atom. The summed E-state index contributed by atoms with van der Waals surface area (Å²) < 4.78 is 1.47. The van der Waals surface area contributed by atoms with Crippen molar-refractivity contribution in [3.05, 3.63) is 17.5 Å². The van der Waals surface area contributed by atoms with Gasteiger partial charge in [0.1, 0.15) is 0 Å². The van der Waals surface area contributed by atoms with Crippen molar-refractivity contribution in [2.45, 2.75) is 52.4 Å². The summed E-state index contributed by atoms with van der Waals surface area (Å²) in [5.41, 5.74) is 3.23. The molecule has 0 saturated heterocycles. The van der Waals surface area contributed by atoms with Crippen LogP contribution in [0.4, 0.5) is 0 Å². The molecule has 0 fully saturated rings. The quantitative estimate of drug-likeness (QED) is 0.745. The molecule has 1 aromatic heterocycles. The van der Waals surface area contributed by atoms with Crippen molar-refractivity contribution in [1.82, 2.24) is 4.98 Å². The third-order valence-corrected chi connectivity index (χ3v) is 3.34. The summed E-state index contributed by atoms with van der Waals surface area (Å²) in [7, 11) is 0. The predicted molar refractivity (Wildman–Crippen MR) is 57.8 cm³/mol. The first-order valence-corrected chi connectivity index (χ1v) is 6.31. The summed E-state index contributed by atoms with van der Waals surface area (Å²) in [5.74, 6) is 0. The van der Waals surface area contributed by atoms with Crippen LogP contribution in [0, 0.1) is 0 Å². The molecule has 1 rings (SSSR count). The van der Waals surface area contributed by atoms with Gasteiger partial charge in [-0.1, -0.05) is 0 Å². The second-order valence-corrected chi connectivity index (χ2v) is 7.30. The summed E-state index contributed by atoms with van der Waals surface area (Å²) >= 11 is 1.50. The summed E-state index contributed by atoms with van der Waals surface area (Å²) in [6.07, 6.45) is 0. The zero-order valence-electron chi connectivity index (χ0n) is 10.1. The van der Waals surface area contributed by atoms with Crippen LogP contribution >= 0.6 is 0 Å². The fraction of sp³-hybridized carbons (Fsp3) is 0.667. The molecule has 14 heavy (non-hydrogen) atoms. The van der Waals surface area contributed by atoms with Gasteiger partial charge in [0.25, 0.3) is 0 Å². The molecule has 0 atom stereocenters. The average Bonchev–Trinajstić information content (AvgIpc) is 2.27. The van der Waals surface area contributed by atoms with Crippen LogP contribution in [0.1, 0.15) is 52.9 Å². The Kier molecular flexibility index (Phi) is 3.17. The van der Waals surface area contributed by atoms with Gasteiger partial charge in [-0.05, 0) is 0 Å². The van der Waals surface area contributed by atoms with E-state index in [1.807, 2.05) is 0 Å². The molecule has 77 valence electrons. The molecule has 0 spiro atoms. The Hall–Kier alpha value is 0.163. The Balaban J connectivity index is 3.19. The van der Waals surface area contributed by atoms with E-state index < -0.39 is 0 Å². The predicted octanol–water partition coefficient (Wildman–Crippen LogP) is 2.78. The van der Waals surface area contributed by atoms with E-state index in [1.165, 1.54) is 39.4 Å². The van der Waals surface area contributed by atoms with E-state index in [0.717, 1.165) is 0 Å². The number of hydrogen-bond acceptors (Lipinski definition) is 0. The Morgan fingerprint density at radius 2 is 1.50 bits per heavy atom. The molecule has 0 radical (unpaired) electrons. The molecule has 1 N–H and O–H groups in total. The summed E-state index contributed by atoms with van der Waals surface area (Å²) in [6, 6.07) is 2.32. The molecule has 0 bridgehead atoms. The normalized spacial score (nSPS) is 13.2. The fourth-order valence-corrected chi connectivity index (χ4v) is 2.88. The van der Waals surface area contributed by atoms with E-state index in [-0.39, 0.29) is 10.8 Å². The third kappa shape index (κ3) is 2.60. The van der Waals surface area contributed by atoms with Crippen molar-refractivity contribution in [2.24, 2.45) is 0 Å². The van der Waals surface area contributed by atoms with Crippen LogP contribution in [0.2, 0.25) is 0 Å². The standard InChI is InChI=1S/C12H20N.Zr/c1-11(2,3)9-7-8-10(13-9)12(4,5)6;/h7,13H,1-6H3;. The van der Waals surface area contributed by atoms with Gasteiger partial charge in [0, 0.05) is 0 Å². The molecule has 1 heterocycles. The average molecular weight is 270 g/mol. The van der Waals surface area contributed by atoms with Gasteiger partial charge in [-0.25, -0.2) is 0 Å². The van der Waals surface area contributed by atoms with Crippen molar-refractivity contribution >= 4 is 3.27 Å². The van der Waals surface area contributed by atoms with E-state index in [1.54, 1.807) is 0 Å². The summed E-state index contributed by atoms with van der Waals surface area (Å²) in [5, 5.41) is 0. The minimum absolute atomic E-state index is 0.231. The number of nitrogens with one attached hydrogen (secondary N) is 1. The molecule has 1 nitrogen and oxygen atoms in total. The molecule has 0 amide bonds. The van der Waals surface area contributed by atoms with Crippen molar-refractivity contribution in [3.8, 4) is 0 Å². The van der Waals surface area contributed by atoms with Crippen molar-refractivity contribution < 1.29 is 24.7 Å². The van der Waals surface area contributed by atoms with Crippen LogP contribution < -0.4 is 3.27 Å². The molecule has 0 aliphatic carbocycles. The summed E-state index contributed by atoms with van der Waals surface area (Å²) in [6.45, 7) is 13.5. The van der Waals surface area contributed by atoms with Crippen LogP contribution in [0.15, 0.2) is 6.07 Å². The van der Waals surface area contributed by atoms with Crippen LogP contribution in [-0.4, -0.2) is 4.98 Å². The van der Waals surface area contributed by atoms with E-state index in [4.69, 9.17) is 0 Å². The number of hydrogen-bond donors (Lipinski definition) is 1. The first-order valence-electron chi connectivity index (χ1n) is 5.08. The van der Waals surface area contributed by atoms with Crippen LogP contribution in [0.3, 0.4) is 0 Å². The van der Waals surface area contributed by atoms with Gasteiger partial charge in [0.15, 0.2) is 0 Å². The maximum atomic E-state index is 3.58. The number of H-pyrrole nitrogens is 1. The number of rotatable bonds is 0. The van der Waals surface area contributed by atoms with Crippen molar-refractivity contribution in [2.75, 3.05) is 0 Å². The second kappa shape index (κ2) is 3.63. The topological polar surface area (TPSA) is 15.8 Å². The molecule has 0 saturated carbocycles. The van der Waals surface area contributed by atoms with Gasteiger partial charge in [-0.3, -0.25) is 0 Å². The molecule has 2 heteroatoms. The zero-order valence-corrected chi connectivity index (χ0v) is 12.5. The first kappa shape index (κ1) is 12.2. The van der Waals surface area contributed by atoms with Gasteiger partial charge < -0.3 is 0 Å². The van der Waals surface area contributed by atoms with Crippen LogP contribution in [0.5, 0.6) is 0 Å². The van der Waals surface area contributed by atoms with Crippen LogP contribution in [-0.2, 0) is 35.5 Å². The van der Waals surface area contributed by atoms with E-state index in [9.17, 15) is 0 Å². The van der Waals surface area contributed by atoms with Gasteiger partial charge >= 0.3 is 103 Å². The van der Waals surface area contributed by atoms with E-state index >= 15 is 0 Å². The molecule has 1 aromatic rings. The Bertz CT molecular complexity index is 323. The van der Waals surface area contributed by atoms with Crippen molar-refractivity contribution in [3.63, 3.8) is 0 Å². The molecule has 0 aliphatic heterocycles. The van der Waals surface area contributed by atoms with Crippen molar-refractivity contribution in [1.29, 1.82) is 0 Å². The van der Waals surface area contributed by atoms with E-state index in [0.29, 0.717) is 0 Å². The van der Waals surface area contributed by atoms with Gasteiger partial charge in [0.05, 0.1) is 0 Å². The number of aromatic nitrogens is 1. The first-order chi connectivity index (χ1) is 6.12. The monoisotopic (exact) mass is 268 g/mol. The minimum atomic E-state index is 0.231. The van der Waals surface area contributed by atoms with Gasteiger partial charge in [-0.15, -0.1) is 0 Å². The third-order valence-electron chi connectivity index (χ3n) is 2.38. The molecular formula is C12H20NZr. The zero-order chi connectivity index (χ0) is 11.1. The molecule has 0 aliphatic rings. The van der Waals surface area contributed by atoms with E-state index in [2.05, 4.69) is 52.6 Å². The molecule has 0 aromatic carbocycles. The Morgan fingerprint density at radius 1 is 1.00 bits per heavy atom. The SMILES string of the molecule is CC(C)(C)c1c[c]([Zr])c(C(C)(C)C)[nH]1. The Labute approximate surface area is 103 Å². The second-order valence-electron chi connectivity index (χ2n) is 5.97. The number of aromatic amines is 1. The van der Waals surface area contributed by atoms with Crippen LogP contribution in [0.25, 0.3) is 0 Å². The molecule has 0 unspecified atom stereocenters. The van der Waals surface area contributed by atoms with Gasteiger partial charge in [0.2, 0.25) is 0 Å².